The van der Waals surface area contributed by atoms with Gasteiger partial charge < -0.3 is 16.8 Å². The summed E-state index contributed by atoms with van der Waals surface area (Å²) in [6.07, 6.45) is 1.99. The summed E-state index contributed by atoms with van der Waals surface area (Å²) < 4.78 is 0. The van der Waals surface area contributed by atoms with E-state index in [1.54, 1.807) is 0 Å². The second-order valence-electron chi connectivity index (χ2n) is 5.12. The van der Waals surface area contributed by atoms with E-state index in [-0.39, 0.29) is 11.1 Å². The molecule has 0 aliphatic carbocycles. The second kappa shape index (κ2) is 4.94. The van der Waals surface area contributed by atoms with Crippen molar-refractivity contribution in [2.24, 2.45) is 11.5 Å². The average molecular weight is 187 g/mol. The molecule has 0 atom stereocenters. The molecule has 0 spiro atoms. The van der Waals surface area contributed by atoms with Gasteiger partial charge in [0.15, 0.2) is 0 Å². The summed E-state index contributed by atoms with van der Waals surface area (Å²) in [6.45, 7) is 10.2. The molecule has 80 valence electrons. The summed E-state index contributed by atoms with van der Waals surface area (Å²) in [7, 11) is 0. The summed E-state index contributed by atoms with van der Waals surface area (Å²) in [5.41, 5.74) is 11.4. The molecule has 0 amide bonds. The van der Waals surface area contributed by atoms with Crippen molar-refractivity contribution in [2.75, 3.05) is 13.1 Å². The maximum absolute atomic E-state index is 5.96. The molecule has 0 aromatic heterocycles. The van der Waals surface area contributed by atoms with Crippen LogP contribution < -0.4 is 16.8 Å². The van der Waals surface area contributed by atoms with Gasteiger partial charge in [-0.05, 0) is 53.6 Å². The van der Waals surface area contributed by atoms with Gasteiger partial charge >= 0.3 is 0 Å². The minimum Gasteiger partial charge on any atom is -0.330 e. The maximum Gasteiger partial charge on any atom is 0.0142 e. The van der Waals surface area contributed by atoms with E-state index in [2.05, 4.69) is 33.0 Å². The lowest BCUT2D eigenvalue weighted by Gasteiger charge is -2.33. The van der Waals surface area contributed by atoms with Gasteiger partial charge in [-0.3, -0.25) is 0 Å². The van der Waals surface area contributed by atoms with E-state index in [1.807, 2.05) is 0 Å². The molecule has 0 saturated carbocycles. The maximum atomic E-state index is 5.96. The first kappa shape index (κ1) is 12.9. The third-order valence-corrected chi connectivity index (χ3v) is 1.88. The fourth-order valence-corrected chi connectivity index (χ4v) is 1.73. The van der Waals surface area contributed by atoms with Gasteiger partial charge in [-0.15, -0.1) is 0 Å². The lowest BCUT2D eigenvalue weighted by Crippen LogP contribution is -2.48. The number of nitrogens with two attached hydrogens (primary N) is 2. The first-order valence-corrected chi connectivity index (χ1v) is 5.01. The summed E-state index contributed by atoms with van der Waals surface area (Å²) in [6, 6.07) is 0. The molecule has 0 radical (unpaired) electrons. The Bertz CT molecular complexity index is 136. The van der Waals surface area contributed by atoms with Gasteiger partial charge in [0.2, 0.25) is 0 Å². The van der Waals surface area contributed by atoms with E-state index in [1.165, 1.54) is 0 Å². The average Bonchev–Trinajstić information content (AvgIpc) is 1.81. The molecular weight excluding hydrogens is 162 g/mol. The Morgan fingerprint density at radius 1 is 1.15 bits per heavy atom. The van der Waals surface area contributed by atoms with Crippen LogP contribution >= 0.6 is 0 Å². The van der Waals surface area contributed by atoms with E-state index >= 15 is 0 Å². The fourth-order valence-electron chi connectivity index (χ4n) is 1.73. The Hall–Kier alpha value is -0.120. The molecule has 13 heavy (non-hydrogen) atoms. The van der Waals surface area contributed by atoms with Crippen molar-refractivity contribution >= 4 is 0 Å². The van der Waals surface area contributed by atoms with Gasteiger partial charge in [0, 0.05) is 11.1 Å². The molecular formula is C10H25N3. The zero-order chi connectivity index (χ0) is 10.5. The number of hydrogen-bond acceptors (Lipinski definition) is 3. The summed E-state index contributed by atoms with van der Waals surface area (Å²) >= 11 is 0. The van der Waals surface area contributed by atoms with Crippen LogP contribution in [-0.2, 0) is 0 Å². The van der Waals surface area contributed by atoms with Crippen molar-refractivity contribution in [1.82, 2.24) is 5.32 Å². The number of hydrogen-bond donors (Lipinski definition) is 3. The zero-order valence-electron chi connectivity index (χ0n) is 9.48. The molecule has 0 heterocycles. The molecule has 0 aromatic rings. The van der Waals surface area contributed by atoms with E-state index < -0.39 is 0 Å². The highest BCUT2D eigenvalue weighted by molar-refractivity contribution is 4.87. The highest BCUT2D eigenvalue weighted by Gasteiger charge is 2.24. The zero-order valence-corrected chi connectivity index (χ0v) is 9.48. The third-order valence-electron chi connectivity index (χ3n) is 1.88. The van der Waals surface area contributed by atoms with E-state index in [9.17, 15) is 0 Å². The normalized spacial score (nSPS) is 13.4. The van der Waals surface area contributed by atoms with Crippen molar-refractivity contribution in [3.05, 3.63) is 0 Å². The Labute approximate surface area is 82.3 Å². The predicted octanol–water partition coefficient (Wildman–Crippen LogP) is 0.831. The Morgan fingerprint density at radius 2 is 1.69 bits per heavy atom. The smallest absolute Gasteiger partial charge is 0.0142 e. The standard InChI is InChI=1S/C10H25N3/c1-9(2,12)8-10(3,4)13-7-5-6-11/h13H,5-8,11-12H2,1-4H3. The largest absolute Gasteiger partial charge is 0.330 e. The molecule has 3 heteroatoms. The monoisotopic (exact) mass is 187 g/mol. The van der Waals surface area contributed by atoms with Crippen molar-refractivity contribution in [1.29, 1.82) is 0 Å². The van der Waals surface area contributed by atoms with Crippen LogP contribution in [0.2, 0.25) is 0 Å². The highest BCUT2D eigenvalue weighted by Crippen LogP contribution is 2.17. The van der Waals surface area contributed by atoms with Crippen LogP contribution in [0.3, 0.4) is 0 Å². The van der Waals surface area contributed by atoms with Gasteiger partial charge in [0.05, 0.1) is 0 Å². The minimum atomic E-state index is -0.112. The van der Waals surface area contributed by atoms with Crippen LogP contribution in [0.4, 0.5) is 0 Å². The fraction of sp³-hybridized carbons (Fsp3) is 1.00. The van der Waals surface area contributed by atoms with Crippen LogP contribution in [-0.4, -0.2) is 24.2 Å². The molecule has 0 bridgehead atoms. The Morgan fingerprint density at radius 3 is 2.08 bits per heavy atom. The van der Waals surface area contributed by atoms with Crippen LogP contribution in [0.5, 0.6) is 0 Å². The van der Waals surface area contributed by atoms with Gasteiger partial charge in [-0.25, -0.2) is 0 Å². The Balaban J connectivity index is 3.80. The van der Waals surface area contributed by atoms with Crippen molar-refractivity contribution in [2.45, 2.75) is 51.6 Å². The Kier molecular flexibility index (Phi) is 4.89. The topological polar surface area (TPSA) is 64.1 Å². The summed E-state index contributed by atoms with van der Waals surface area (Å²) in [4.78, 5) is 0. The summed E-state index contributed by atoms with van der Waals surface area (Å²) in [5, 5.41) is 3.46. The van der Waals surface area contributed by atoms with Crippen molar-refractivity contribution in [3.8, 4) is 0 Å². The third kappa shape index (κ3) is 8.22. The van der Waals surface area contributed by atoms with Crippen LogP contribution in [0.25, 0.3) is 0 Å². The molecule has 0 aliphatic rings. The molecule has 0 unspecified atom stereocenters. The summed E-state index contributed by atoms with van der Waals surface area (Å²) in [5.74, 6) is 0. The SMILES string of the molecule is CC(C)(N)CC(C)(C)NCCCN. The molecule has 0 aliphatic heterocycles. The lowest BCUT2D eigenvalue weighted by atomic mass is 9.88. The van der Waals surface area contributed by atoms with Crippen molar-refractivity contribution in [3.63, 3.8) is 0 Å². The van der Waals surface area contributed by atoms with Gasteiger partial charge in [-0.2, -0.15) is 0 Å². The quantitative estimate of drug-likeness (QED) is 0.540. The second-order valence-corrected chi connectivity index (χ2v) is 5.12. The molecule has 0 fully saturated rings. The van der Waals surface area contributed by atoms with Gasteiger partial charge in [-0.1, -0.05) is 0 Å². The lowest BCUT2D eigenvalue weighted by molar-refractivity contribution is 0.290. The van der Waals surface area contributed by atoms with E-state index in [4.69, 9.17) is 11.5 Å². The van der Waals surface area contributed by atoms with Gasteiger partial charge in [0.1, 0.15) is 0 Å². The molecule has 0 rings (SSSR count). The van der Waals surface area contributed by atoms with Crippen LogP contribution in [0, 0.1) is 0 Å². The van der Waals surface area contributed by atoms with E-state index in [0.717, 1.165) is 25.9 Å². The number of nitrogens with one attached hydrogen (secondary N) is 1. The van der Waals surface area contributed by atoms with Gasteiger partial charge in [0.25, 0.3) is 0 Å². The van der Waals surface area contributed by atoms with E-state index in [0.29, 0.717) is 0 Å². The molecule has 5 N–H and O–H groups in total. The minimum absolute atomic E-state index is 0.105. The van der Waals surface area contributed by atoms with Crippen molar-refractivity contribution < 1.29 is 0 Å². The molecule has 0 saturated heterocycles. The van der Waals surface area contributed by atoms with Crippen LogP contribution in [0.15, 0.2) is 0 Å². The highest BCUT2D eigenvalue weighted by atomic mass is 15.0. The van der Waals surface area contributed by atoms with Crippen LogP contribution in [0.1, 0.15) is 40.5 Å². The first-order valence-electron chi connectivity index (χ1n) is 5.01. The molecule has 0 aromatic carbocycles. The molecule has 3 nitrogen and oxygen atoms in total. The first-order chi connectivity index (χ1) is 5.77. The predicted molar refractivity (Wildman–Crippen MR) is 58.6 cm³/mol. The number of rotatable bonds is 6.